The van der Waals surface area contributed by atoms with Crippen molar-refractivity contribution >= 4 is 5.69 Å². The Hall–Kier alpha value is -1.78. The molecule has 0 heterocycles. The third-order valence-electron chi connectivity index (χ3n) is 1.86. The smallest absolute Gasteiger partial charge is 0.314 e. The normalized spacial score (nSPS) is 10.1. The largest absolute Gasteiger partial charge is 0.504 e. The van der Waals surface area contributed by atoms with E-state index >= 15 is 0 Å². The van der Waals surface area contributed by atoms with Gasteiger partial charge in [0.05, 0.1) is 4.92 Å². The minimum atomic E-state index is -0.714. The number of aryl methyl sites for hydroxylation is 1. The van der Waals surface area contributed by atoms with Gasteiger partial charge in [0.15, 0.2) is 5.75 Å². The number of nitro benzene ring substituents is 1. The van der Waals surface area contributed by atoms with Gasteiger partial charge in [-0.15, -0.1) is 0 Å². The fraction of sp³-hybridized carbons (Fsp3) is 0.333. The molecular weight excluding hydrogens is 186 g/mol. The molecular formula is C9H11NO4. The Bertz CT molecular complexity index is 362. The summed E-state index contributed by atoms with van der Waals surface area (Å²) in [5.74, 6) is -1.11. The van der Waals surface area contributed by atoms with Crippen molar-refractivity contribution in [2.75, 3.05) is 0 Å². The summed E-state index contributed by atoms with van der Waals surface area (Å²) >= 11 is 0. The van der Waals surface area contributed by atoms with E-state index in [9.17, 15) is 15.2 Å². The van der Waals surface area contributed by atoms with Gasteiger partial charge < -0.3 is 10.2 Å². The van der Waals surface area contributed by atoms with Crippen LogP contribution >= 0.6 is 0 Å². The van der Waals surface area contributed by atoms with E-state index in [0.717, 1.165) is 6.42 Å². The first-order valence-corrected chi connectivity index (χ1v) is 4.25. The summed E-state index contributed by atoms with van der Waals surface area (Å²) in [5, 5.41) is 28.8. The van der Waals surface area contributed by atoms with Crippen molar-refractivity contribution in [1.82, 2.24) is 0 Å². The maximum atomic E-state index is 10.5. The Balaban J connectivity index is 3.21. The van der Waals surface area contributed by atoms with E-state index in [1.807, 2.05) is 6.92 Å². The van der Waals surface area contributed by atoms with Crippen molar-refractivity contribution in [2.24, 2.45) is 0 Å². The van der Waals surface area contributed by atoms with E-state index in [0.29, 0.717) is 12.0 Å². The third kappa shape index (κ3) is 1.93. The first-order valence-electron chi connectivity index (χ1n) is 4.25. The molecule has 1 rings (SSSR count). The molecule has 1 aromatic rings. The van der Waals surface area contributed by atoms with Crippen LogP contribution < -0.4 is 0 Å². The fourth-order valence-corrected chi connectivity index (χ4v) is 1.23. The number of hydrogen-bond acceptors (Lipinski definition) is 4. The minimum absolute atomic E-state index is 0.442. The summed E-state index contributed by atoms with van der Waals surface area (Å²) in [7, 11) is 0. The quantitative estimate of drug-likeness (QED) is 0.440. The van der Waals surface area contributed by atoms with E-state index in [2.05, 4.69) is 0 Å². The SMILES string of the molecule is CCCc1cc(O)c(O)c([N+](=O)[O-])c1. The molecule has 0 bridgehead atoms. The molecule has 0 saturated carbocycles. The zero-order chi connectivity index (χ0) is 10.7. The molecule has 14 heavy (non-hydrogen) atoms. The molecule has 5 nitrogen and oxygen atoms in total. The van der Waals surface area contributed by atoms with Gasteiger partial charge in [-0.3, -0.25) is 10.1 Å². The van der Waals surface area contributed by atoms with Crippen LogP contribution in [0.3, 0.4) is 0 Å². The first kappa shape index (κ1) is 10.3. The Morgan fingerprint density at radius 1 is 1.43 bits per heavy atom. The Morgan fingerprint density at radius 2 is 2.07 bits per heavy atom. The molecule has 0 amide bonds. The number of nitro groups is 1. The second-order valence-electron chi connectivity index (χ2n) is 2.99. The fourth-order valence-electron chi connectivity index (χ4n) is 1.23. The highest BCUT2D eigenvalue weighted by atomic mass is 16.6. The molecule has 0 aliphatic carbocycles. The zero-order valence-electron chi connectivity index (χ0n) is 7.73. The second-order valence-corrected chi connectivity index (χ2v) is 2.99. The minimum Gasteiger partial charge on any atom is -0.504 e. The van der Waals surface area contributed by atoms with Crippen LogP contribution in [0.4, 0.5) is 5.69 Å². The van der Waals surface area contributed by atoms with E-state index in [-0.39, 0.29) is 0 Å². The molecule has 0 radical (unpaired) electrons. The average molecular weight is 197 g/mol. The van der Waals surface area contributed by atoms with Crippen LogP contribution in [-0.2, 0) is 6.42 Å². The van der Waals surface area contributed by atoms with Crippen LogP contribution in [0.25, 0.3) is 0 Å². The monoisotopic (exact) mass is 197 g/mol. The highest BCUT2D eigenvalue weighted by Crippen LogP contribution is 2.36. The lowest BCUT2D eigenvalue weighted by Crippen LogP contribution is -1.92. The molecule has 0 aliphatic rings. The topological polar surface area (TPSA) is 83.6 Å². The molecule has 1 aromatic carbocycles. The highest BCUT2D eigenvalue weighted by molar-refractivity contribution is 5.56. The Labute approximate surface area is 80.8 Å². The van der Waals surface area contributed by atoms with Gasteiger partial charge in [-0.25, -0.2) is 0 Å². The average Bonchev–Trinajstić information content (AvgIpc) is 2.11. The molecule has 76 valence electrons. The maximum Gasteiger partial charge on any atom is 0.314 e. The molecule has 0 atom stereocenters. The van der Waals surface area contributed by atoms with Crippen LogP contribution in [0.1, 0.15) is 18.9 Å². The number of aromatic hydroxyl groups is 2. The number of rotatable bonds is 3. The van der Waals surface area contributed by atoms with Crippen molar-refractivity contribution < 1.29 is 15.1 Å². The lowest BCUT2D eigenvalue weighted by Gasteiger charge is -2.02. The van der Waals surface area contributed by atoms with Gasteiger partial charge in [-0.2, -0.15) is 0 Å². The first-order chi connectivity index (χ1) is 6.56. The van der Waals surface area contributed by atoms with Gasteiger partial charge in [-0.1, -0.05) is 13.3 Å². The number of hydrogen-bond donors (Lipinski definition) is 2. The predicted molar refractivity (Wildman–Crippen MR) is 50.4 cm³/mol. The summed E-state index contributed by atoms with van der Waals surface area (Å²) in [6.45, 7) is 1.93. The lowest BCUT2D eigenvalue weighted by atomic mass is 10.1. The number of phenolic OH excluding ortho intramolecular Hbond substituents is 2. The molecule has 5 heteroatoms. The number of nitrogens with zero attached hydrogens (tertiary/aromatic N) is 1. The standard InChI is InChI=1S/C9H11NO4/c1-2-3-6-4-7(10(13)14)9(12)8(11)5-6/h4-5,11-12H,2-3H2,1H3. The highest BCUT2D eigenvalue weighted by Gasteiger charge is 2.18. The molecule has 0 fully saturated rings. The lowest BCUT2D eigenvalue weighted by molar-refractivity contribution is -0.386. The molecule has 0 unspecified atom stereocenters. The molecule has 0 spiro atoms. The molecule has 0 aromatic heterocycles. The predicted octanol–water partition coefficient (Wildman–Crippen LogP) is 1.96. The van der Waals surface area contributed by atoms with E-state index < -0.39 is 22.1 Å². The molecule has 0 saturated heterocycles. The van der Waals surface area contributed by atoms with E-state index in [1.165, 1.54) is 12.1 Å². The van der Waals surface area contributed by atoms with E-state index in [1.54, 1.807) is 0 Å². The van der Waals surface area contributed by atoms with Gasteiger partial charge >= 0.3 is 5.69 Å². The summed E-state index contributed by atoms with van der Waals surface area (Å²) in [6, 6.07) is 2.62. The van der Waals surface area contributed by atoms with Crippen LogP contribution in [0.5, 0.6) is 11.5 Å². The number of benzene rings is 1. The van der Waals surface area contributed by atoms with Crippen molar-refractivity contribution in [3.63, 3.8) is 0 Å². The van der Waals surface area contributed by atoms with Gasteiger partial charge in [0.2, 0.25) is 5.75 Å². The van der Waals surface area contributed by atoms with Crippen LogP contribution in [-0.4, -0.2) is 15.1 Å². The maximum absolute atomic E-state index is 10.5. The summed E-state index contributed by atoms with van der Waals surface area (Å²) in [6.07, 6.45) is 1.45. The number of phenols is 2. The van der Waals surface area contributed by atoms with Crippen LogP contribution in [0.2, 0.25) is 0 Å². The second kappa shape index (κ2) is 3.95. The summed E-state index contributed by atoms with van der Waals surface area (Å²) in [5.41, 5.74) is 0.197. The molecule has 2 N–H and O–H groups in total. The molecule has 0 aliphatic heterocycles. The van der Waals surface area contributed by atoms with Crippen LogP contribution in [0, 0.1) is 10.1 Å². The van der Waals surface area contributed by atoms with Gasteiger partial charge in [-0.05, 0) is 18.1 Å². The van der Waals surface area contributed by atoms with Crippen molar-refractivity contribution in [1.29, 1.82) is 0 Å². The van der Waals surface area contributed by atoms with Crippen molar-refractivity contribution in [3.8, 4) is 11.5 Å². The Kier molecular flexibility index (Phi) is 2.91. The third-order valence-corrected chi connectivity index (χ3v) is 1.86. The Morgan fingerprint density at radius 3 is 2.57 bits per heavy atom. The van der Waals surface area contributed by atoms with Gasteiger partial charge in [0.1, 0.15) is 0 Å². The van der Waals surface area contributed by atoms with Gasteiger partial charge in [0, 0.05) is 6.07 Å². The van der Waals surface area contributed by atoms with Gasteiger partial charge in [0.25, 0.3) is 0 Å². The van der Waals surface area contributed by atoms with Crippen molar-refractivity contribution in [2.45, 2.75) is 19.8 Å². The van der Waals surface area contributed by atoms with Crippen molar-refractivity contribution in [3.05, 3.63) is 27.8 Å². The van der Waals surface area contributed by atoms with E-state index in [4.69, 9.17) is 5.11 Å². The summed E-state index contributed by atoms with van der Waals surface area (Å²) in [4.78, 5) is 9.75. The van der Waals surface area contributed by atoms with Crippen LogP contribution in [0.15, 0.2) is 12.1 Å². The summed E-state index contributed by atoms with van der Waals surface area (Å²) < 4.78 is 0. The zero-order valence-corrected chi connectivity index (χ0v) is 7.73.